The van der Waals surface area contributed by atoms with Gasteiger partial charge in [-0.15, -0.1) is 0 Å². The summed E-state index contributed by atoms with van der Waals surface area (Å²) < 4.78 is 5.60. The highest BCUT2D eigenvalue weighted by Gasteiger charge is 2.26. The van der Waals surface area contributed by atoms with Gasteiger partial charge in [-0.05, 0) is 19.1 Å². The van der Waals surface area contributed by atoms with Crippen molar-refractivity contribution in [3.8, 4) is 0 Å². The summed E-state index contributed by atoms with van der Waals surface area (Å²) in [6.45, 7) is 3.20. The highest BCUT2D eigenvalue weighted by atomic mass is 35.5. The molecular weight excluding hydrogens is 254 g/mol. The van der Waals surface area contributed by atoms with Crippen LogP contribution in [0.2, 0.25) is 5.02 Å². The highest BCUT2D eigenvalue weighted by molar-refractivity contribution is 6.31. The van der Waals surface area contributed by atoms with Gasteiger partial charge in [0.1, 0.15) is 0 Å². The standard InChI is InChI=1S/C13H18ClNO3/c1-9-5-15(6-10(7-16)18-9)13-4-2-3-12(14)11(13)8-17/h2-4,9-10,16-17H,5-8H2,1H3. The van der Waals surface area contributed by atoms with Crippen molar-refractivity contribution in [2.45, 2.75) is 25.7 Å². The van der Waals surface area contributed by atoms with Crippen LogP contribution in [0.1, 0.15) is 12.5 Å². The van der Waals surface area contributed by atoms with Gasteiger partial charge in [-0.25, -0.2) is 0 Å². The number of anilines is 1. The quantitative estimate of drug-likeness (QED) is 0.873. The lowest BCUT2D eigenvalue weighted by Crippen LogP contribution is -2.48. The smallest absolute Gasteiger partial charge is 0.0984 e. The number of aliphatic hydroxyl groups is 2. The van der Waals surface area contributed by atoms with Gasteiger partial charge < -0.3 is 19.8 Å². The molecule has 2 atom stereocenters. The molecule has 2 N–H and O–H groups in total. The lowest BCUT2D eigenvalue weighted by atomic mass is 10.1. The minimum absolute atomic E-state index is 0.00410. The molecule has 1 aromatic rings. The van der Waals surface area contributed by atoms with Gasteiger partial charge >= 0.3 is 0 Å². The SMILES string of the molecule is CC1CN(c2cccc(Cl)c2CO)CC(CO)O1. The molecule has 1 heterocycles. The Kier molecular flexibility index (Phi) is 4.45. The van der Waals surface area contributed by atoms with Crippen LogP contribution in [0.5, 0.6) is 0 Å². The van der Waals surface area contributed by atoms with Gasteiger partial charge in [-0.2, -0.15) is 0 Å². The number of hydrogen-bond donors (Lipinski definition) is 2. The van der Waals surface area contributed by atoms with E-state index in [0.29, 0.717) is 11.6 Å². The van der Waals surface area contributed by atoms with E-state index in [1.807, 2.05) is 19.1 Å². The van der Waals surface area contributed by atoms with E-state index in [2.05, 4.69) is 4.90 Å². The molecule has 1 aromatic carbocycles. The van der Waals surface area contributed by atoms with Crippen LogP contribution in [0.4, 0.5) is 5.69 Å². The molecule has 0 radical (unpaired) electrons. The van der Waals surface area contributed by atoms with Crippen molar-refractivity contribution in [2.75, 3.05) is 24.6 Å². The zero-order chi connectivity index (χ0) is 13.1. The first-order valence-electron chi connectivity index (χ1n) is 6.05. The molecule has 0 aromatic heterocycles. The highest BCUT2D eigenvalue weighted by Crippen LogP contribution is 2.29. The fourth-order valence-electron chi connectivity index (χ4n) is 2.34. The van der Waals surface area contributed by atoms with E-state index >= 15 is 0 Å². The number of halogens is 1. The second-order valence-corrected chi connectivity index (χ2v) is 4.96. The first-order chi connectivity index (χ1) is 8.65. The fourth-order valence-corrected chi connectivity index (χ4v) is 2.57. The molecule has 1 aliphatic rings. The molecule has 5 heteroatoms. The van der Waals surface area contributed by atoms with E-state index in [0.717, 1.165) is 17.8 Å². The zero-order valence-electron chi connectivity index (χ0n) is 10.3. The van der Waals surface area contributed by atoms with E-state index in [4.69, 9.17) is 16.3 Å². The van der Waals surface area contributed by atoms with Crippen LogP contribution in [0.15, 0.2) is 18.2 Å². The van der Waals surface area contributed by atoms with E-state index in [1.165, 1.54) is 0 Å². The Morgan fingerprint density at radius 2 is 2.17 bits per heavy atom. The topological polar surface area (TPSA) is 52.9 Å². The summed E-state index contributed by atoms with van der Waals surface area (Å²) in [6, 6.07) is 5.57. The van der Waals surface area contributed by atoms with Gasteiger partial charge in [0.2, 0.25) is 0 Å². The number of aliphatic hydroxyl groups excluding tert-OH is 2. The van der Waals surface area contributed by atoms with Crippen molar-refractivity contribution in [3.63, 3.8) is 0 Å². The molecule has 100 valence electrons. The molecular formula is C13H18ClNO3. The second-order valence-electron chi connectivity index (χ2n) is 4.55. The van der Waals surface area contributed by atoms with Crippen molar-refractivity contribution in [1.82, 2.24) is 0 Å². The van der Waals surface area contributed by atoms with Crippen molar-refractivity contribution in [3.05, 3.63) is 28.8 Å². The Morgan fingerprint density at radius 3 is 2.83 bits per heavy atom. The summed E-state index contributed by atoms with van der Waals surface area (Å²) in [7, 11) is 0. The van der Waals surface area contributed by atoms with E-state index in [1.54, 1.807) is 6.07 Å². The molecule has 2 unspecified atom stereocenters. The predicted octanol–water partition coefficient (Wildman–Crippen LogP) is 1.42. The maximum absolute atomic E-state index is 9.43. The van der Waals surface area contributed by atoms with Gasteiger partial charge in [0, 0.05) is 29.4 Å². The van der Waals surface area contributed by atoms with Gasteiger partial charge in [-0.3, -0.25) is 0 Å². The minimum Gasteiger partial charge on any atom is -0.394 e. The predicted molar refractivity (Wildman–Crippen MR) is 71.0 cm³/mol. The molecule has 18 heavy (non-hydrogen) atoms. The number of hydrogen-bond acceptors (Lipinski definition) is 4. The number of nitrogens with zero attached hydrogens (tertiary/aromatic N) is 1. The number of rotatable bonds is 3. The monoisotopic (exact) mass is 271 g/mol. The van der Waals surface area contributed by atoms with Gasteiger partial charge in [0.15, 0.2) is 0 Å². The van der Waals surface area contributed by atoms with Crippen LogP contribution >= 0.6 is 11.6 Å². The Hall–Kier alpha value is -0.810. The molecule has 0 saturated carbocycles. The van der Waals surface area contributed by atoms with Crippen LogP contribution in [-0.4, -0.2) is 42.1 Å². The third-order valence-electron chi connectivity index (χ3n) is 3.12. The molecule has 4 nitrogen and oxygen atoms in total. The summed E-state index contributed by atoms with van der Waals surface area (Å²) in [5.41, 5.74) is 1.64. The van der Waals surface area contributed by atoms with Crippen molar-refractivity contribution < 1.29 is 14.9 Å². The summed E-state index contributed by atoms with van der Waals surface area (Å²) >= 11 is 6.09. The van der Waals surface area contributed by atoms with Gasteiger partial charge in [-0.1, -0.05) is 17.7 Å². The number of morpholine rings is 1. The number of benzene rings is 1. The number of ether oxygens (including phenoxy) is 1. The lowest BCUT2D eigenvalue weighted by Gasteiger charge is -2.38. The lowest BCUT2D eigenvalue weighted by molar-refractivity contribution is -0.0421. The van der Waals surface area contributed by atoms with Crippen molar-refractivity contribution in [1.29, 1.82) is 0 Å². The largest absolute Gasteiger partial charge is 0.394 e. The summed E-state index contributed by atoms with van der Waals surface area (Å²) in [5.74, 6) is 0. The fraction of sp³-hybridized carbons (Fsp3) is 0.538. The molecule has 2 rings (SSSR count). The Balaban J connectivity index is 2.27. The van der Waals surface area contributed by atoms with Crippen LogP contribution in [-0.2, 0) is 11.3 Å². The van der Waals surface area contributed by atoms with E-state index < -0.39 is 0 Å². The molecule has 0 bridgehead atoms. The summed E-state index contributed by atoms with van der Waals surface area (Å²) in [5, 5.41) is 19.2. The molecule has 0 spiro atoms. The summed E-state index contributed by atoms with van der Waals surface area (Å²) in [6.07, 6.45) is -0.152. The summed E-state index contributed by atoms with van der Waals surface area (Å²) in [4.78, 5) is 2.10. The van der Waals surface area contributed by atoms with Gasteiger partial charge in [0.05, 0.1) is 25.4 Å². The van der Waals surface area contributed by atoms with Crippen LogP contribution in [0, 0.1) is 0 Å². The molecule has 1 saturated heterocycles. The normalized spacial score (nSPS) is 24.3. The second kappa shape index (κ2) is 5.89. The van der Waals surface area contributed by atoms with Crippen molar-refractivity contribution >= 4 is 17.3 Å². The Bertz CT molecular complexity index is 413. The van der Waals surface area contributed by atoms with Crippen LogP contribution < -0.4 is 4.90 Å². The average molecular weight is 272 g/mol. The van der Waals surface area contributed by atoms with E-state index in [-0.39, 0.29) is 25.4 Å². The minimum atomic E-state index is -0.195. The molecule has 0 amide bonds. The third kappa shape index (κ3) is 2.78. The van der Waals surface area contributed by atoms with Crippen LogP contribution in [0.25, 0.3) is 0 Å². The van der Waals surface area contributed by atoms with Gasteiger partial charge in [0.25, 0.3) is 0 Å². The van der Waals surface area contributed by atoms with Crippen LogP contribution in [0.3, 0.4) is 0 Å². The Labute approximate surface area is 112 Å². The average Bonchev–Trinajstić information content (AvgIpc) is 2.37. The molecule has 1 aliphatic heterocycles. The maximum Gasteiger partial charge on any atom is 0.0984 e. The maximum atomic E-state index is 9.43. The zero-order valence-corrected chi connectivity index (χ0v) is 11.1. The molecule has 1 fully saturated rings. The Morgan fingerprint density at radius 1 is 1.39 bits per heavy atom. The first kappa shape index (κ1) is 13.6. The first-order valence-corrected chi connectivity index (χ1v) is 6.43. The molecule has 0 aliphatic carbocycles. The third-order valence-corrected chi connectivity index (χ3v) is 3.48. The van der Waals surface area contributed by atoms with Crippen molar-refractivity contribution in [2.24, 2.45) is 0 Å². The van der Waals surface area contributed by atoms with E-state index in [9.17, 15) is 10.2 Å².